The van der Waals surface area contributed by atoms with E-state index in [4.69, 9.17) is 0 Å². The molecular formula is C12H10ClNOs-. The zero-order valence-corrected chi connectivity index (χ0v) is 11.5. The van der Waals surface area contributed by atoms with Gasteiger partial charge in [-0.25, -0.2) is 0 Å². The van der Waals surface area contributed by atoms with Crippen LogP contribution in [-0.4, -0.2) is 4.98 Å². The summed E-state index contributed by atoms with van der Waals surface area (Å²) in [5.74, 6) is 0. The Bertz CT molecular complexity index is 386. The third kappa shape index (κ3) is 3.74. The van der Waals surface area contributed by atoms with Gasteiger partial charge < -0.3 is 4.98 Å². The van der Waals surface area contributed by atoms with Crippen LogP contribution in [0.15, 0.2) is 42.6 Å². The summed E-state index contributed by atoms with van der Waals surface area (Å²) in [5, 5.41) is 0. The van der Waals surface area contributed by atoms with E-state index in [1.807, 2.05) is 30.3 Å². The van der Waals surface area contributed by atoms with Crippen LogP contribution in [0.2, 0.25) is 0 Å². The Labute approximate surface area is 104 Å². The number of pyridine rings is 1. The third-order valence-corrected chi connectivity index (χ3v) is 1.91. The summed E-state index contributed by atoms with van der Waals surface area (Å²) in [6, 6.07) is 15.2. The average Bonchev–Trinajstić information content (AvgIpc) is 2.34. The maximum atomic E-state index is 4.67. The van der Waals surface area contributed by atoms with Gasteiger partial charge in [-0.05, 0) is 11.8 Å². The average molecular weight is 394 g/mol. The fourth-order valence-corrected chi connectivity index (χ4v) is 1.18. The van der Waals surface area contributed by atoms with Gasteiger partial charge in [0.15, 0.2) is 0 Å². The van der Waals surface area contributed by atoms with E-state index in [2.05, 4.69) is 33.7 Å². The van der Waals surface area contributed by atoms with Crippen molar-refractivity contribution in [2.45, 2.75) is 6.92 Å². The molecular weight excluding hydrogens is 384 g/mol. The Balaban J connectivity index is 0.000000531. The van der Waals surface area contributed by atoms with Crippen LogP contribution in [0.3, 0.4) is 0 Å². The first-order valence-corrected chi connectivity index (χ1v) is 7.54. The van der Waals surface area contributed by atoms with E-state index in [0.29, 0.717) is 0 Å². The molecule has 1 aromatic heterocycles. The quantitative estimate of drug-likeness (QED) is 0.675. The summed E-state index contributed by atoms with van der Waals surface area (Å²) in [4.78, 5) is 4.25. The van der Waals surface area contributed by atoms with Crippen LogP contribution >= 0.6 is 9.64 Å². The summed E-state index contributed by atoms with van der Waals surface area (Å²) >= 11 is 1.33. The molecule has 1 aromatic carbocycles. The summed E-state index contributed by atoms with van der Waals surface area (Å²) in [5.41, 5.74) is 3.24. The molecule has 79 valence electrons. The zero-order chi connectivity index (χ0) is 11.1. The molecule has 0 unspecified atom stereocenters. The van der Waals surface area contributed by atoms with Gasteiger partial charge in [0.05, 0.1) is 0 Å². The van der Waals surface area contributed by atoms with E-state index >= 15 is 0 Å². The van der Waals surface area contributed by atoms with Crippen molar-refractivity contribution in [1.29, 1.82) is 0 Å². The van der Waals surface area contributed by atoms with Crippen molar-refractivity contribution in [2.24, 2.45) is 0 Å². The van der Waals surface area contributed by atoms with E-state index < -0.39 is 0 Å². The molecule has 0 saturated heterocycles. The first kappa shape index (κ1) is 12.4. The Morgan fingerprint density at radius 3 is 2.53 bits per heavy atom. The maximum absolute atomic E-state index is 4.67. The van der Waals surface area contributed by atoms with Crippen LogP contribution in [-0.2, 0) is 17.6 Å². The van der Waals surface area contributed by atoms with Crippen molar-refractivity contribution < 1.29 is 17.6 Å². The molecule has 2 aromatic rings. The molecule has 1 heterocycles. The number of hydrogen-bond acceptors (Lipinski definition) is 1. The van der Waals surface area contributed by atoms with Crippen LogP contribution in [0.5, 0.6) is 0 Å². The normalized spacial score (nSPS) is 9.00. The second-order valence-electron chi connectivity index (χ2n) is 2.99. The minimum atomic E-state index is 0.975. The second kappa shape index (κ2) is 6.72. The number of hydrogen-bond donors (Lipinski definition) is 0. The Morgan fingerprint density at radius 2 is 2.00 bits per heavy atom. The second-order valence-corrected chi connectivity index (χ2v) is 2.99. The standard InChI is InChI=1S/C12H10N.ClH.Os/c1-10-5-7-11(8-6-10)12-4-2-3-9-13-12;;/h2-7,9H,1H3;1H;/q-1;;+1/p-1. The first-order chi connectivity index (χ1) is 7.36. The zero-order valence-electron chi connectivity index (χ0n) is 8.22. The molecule has 0 saturated carbocycles. The molecule has 1 nitrogen and oxygen atoms in total. The van der Waals surface area contributed by atoms with Crippen LogP contribution < -0.4 is 0 Å². The molecule has 15 heavy (non-hydrogen) atoms. The molecule has 0 bridgehead atoms. The van der Waals surface area contributed by atoms with Gasteiger partial charge in [0.1, 0.15) is 0 Å². The van der Waals surface area contributed by atoms with E-state index in [0.717, 1.165) is 11.3 Å². The fraction of sp³-hybridized carbons (Fsp3) is 0.0833. The molecule has 0 atom stereocenters. The van der Waals surface area contributed by atoms with Crippen molar-refractivity contribution in [3.05, 3.63) is 54.2 Å². The predicted octanol–water partition coefficient (Wildman–Crippen LogP) is 3.54. The Hall–Kier alpha value is -0.704. The molecule has 0 aliphatic carbocycles. The van der Waals surface area contributed by atoms with Crippen molar-refractivity contribution in [3.63, 3.8) is 0 Å². The SMILES string of the molecule is Cc1c[c-]c(-c2ccccn2)cc1.[Cl][Os]. The van der Waals surface area contributed by atoms with Crippen LogP contribution in [0.25, 0.3) is 11.3 Å². The summed E-state index contributed by atoms with van der Waals surface area (Å²) in [6.07, 6.45) is 1.79. The molecule has 0 amide bonds. The molecule has 0 radical (unpaired) electrons. The van der Waals surface area contributed by atoms with Gasteiger partial charge in [0.2, 0.25) is 0 Å². The molecule has 0 fully saturated rings. The Kier molecular flexibility index (Phi) is 5.54. The summed E-state index contributed by atoms with van der Waals surface area (Å²) in [7, 11) is 4.67. The van der Waals surface area contributed by atoms with Crippen molar-refractivity contribution in [3.8, 4) is 11.3 Å². The van der Waals surface area contributed by atoms with Gasteiger partial charge >= 0.3 is 27.2 Å². The number of halogens is 1. The van der Waals surface area contributed by atoms with Crippen LogP contribution in [0.4, 0.5) is 0 Å². The topological polar surface area (TPSA) is 12.9 Å². The summed E-state index contributed by atoms with van der Waals surface area (Å²) < 4.78 is 0. The van der Waals surface area contributed by atoms with Crippen molar-refractivity contribution in [1.82, 2.24) is 4.98 Å². The fourth-order valence-electron chi connectivity index (χ4n) is 1.18. The third-order valence-electron chi connectivity index (χ3n) is 1.91. The van der Waals surface area contributed by atoms with E-state index in [9.17, 15) is 0 Å². The first-order valence-electron chi connectivity index (χ1n) is 4.39. The van der Waals surface area contributed by atoms with Gasteiger partial charge in [-0.1, -0.05) is 19.1 Å². The summed E-state index contributed by atoms with van der Waals surface area (Å²) in [6.45, 7) is 2.05. The molecule has 0 aliphatic heterocycles. The number of aryl methyl sites for hydroxylation is 1. The predicted molar refractivity (Wildman–Crippen MR) is 59.1 cm³/mol. The van der Waals surface area contributed by atoms with Crippen molar-refractivity contribution >= 4 is 9.64 Å². The van der Waals surface area contributed by atoms with E-state index in [-0.39, 0.29) is 0 Å². The molecule has 2 rings (SSSR count). The number of benzene rings is 1. The number of rotatable bonds is 1. The molecule has 0 aliphatic rings. The van der Waals surface area contributed by atoms with Gasteiger partial charge in [-0.3, -0.25) is 0 Å². The molecule has 0 spiro atoms. The number of nitrogens with zero attached hydrogens (tertiary/aromatic N) is 1. The van der Waals surface area contributed by atoms with Gasteiger partial charge in [0, 0.05) is 6.20 Å². The molecule has 0 N–H and O–H groups in total. The van der Waals surface area contributed by atoms with Crippen LogP contribution in [0, 0.1) is 13.0 Å². The van der Waals surface area contributed by atoms with Gasteiger partial charge in [-0.2, -0.15) is 0 Å². The van der Waals surface area contributed by atoms with E-state index in [1.54, 1.807) is 6.20 Å². The minimum absolute atomic E-state index is 0.975. The van der Waals surface area contributed by atoms with Crippen LogP contribution in [0.1, 0.15) is 5.56 Å². The Morgan fingerprint density at radius 1 is 1.20 bits per heavy atom. The van der Waals surface area contributed by atoms with Crippen molar-refractivity contribution in [2.75, 3.05) is 0 Å². The monoisotopic (exact) mass is 395 g/mol. The van der Waals surface area contributed by atoms with E-state index in [1.165, 1.54) is 23.2 Å². The number of aromatic nitrogens is 1. The van der Waals surface area contributed by atoms with Gasteiger partial charge in [0.25, 0.3) is 0 Å². The van der Waals surface area contributed by atoms with Gasteiger partial charge in [-0.15, -0.1) is 35.4 Å². The molecule has 3 heteroatoms.